The number of halogens is 1. The summed E-state index contributed by atoms with van der Waals surface area (Å²) in [5.41, 5.74) is 7.61. The topological polar surface area (TPSA) is 26.0 Å². The Morgan fingerprint density at radius 1 is 1.50 bits per heavy atom. The van der Waals surface area contributed by atoms with Gasteiger partial charge >= 0.3 is 0 Å². The molecule has 76 valence electrons. The van der Waals surface area contributed by atoms with E-state index in [9.17, 15) is 4.39 Å². The fourth-order valence-electron chi connectivity index (χ4n) is 1.69. The molecule has 1 aliphatic carbocycles. The molecule has 0 saturated heterocycles. The van der Waals surface area contributed by atoms with Crippen LogP contribution in [0, 0.1) is 18.7 Å². The second kappa shape index (κ2) is 3.70. The summed E-state index contributed by atoms with van der Waals surface area (Å²) in [6.07, 6.45) is 3.59. The van der Waals surface area contributed by atoms with Gasteiger partial charge in [0.05, 0.1) is 0 Å². The van der Waals surface area contributed by atoms with Crippen LogP contribution in [0.5, 0.6) is 0 Å². The molecule has 1 aromatic carbocycles. The van der Waals surface area contributed by atoms with Gasteiger partial charge in [0.1, 0.15) is 5.82 Å². The highest BCUT2D eigenvalue weighted by atomic mass is 19.1. The molecule has 1 saturated carbocycles. The Balaban J connectivity index is 2.10. The van der Waals surface area contributed by atoms with Crippen molar-refractivity contribution in [3.63, 3.8) is 0 Å². The van der Waals surface area contributed by atoms with E-state index in [0.29, 0.717) is 5.56 Å². The van der Waals surface area contributed by atoms with E-state index in [-0.39, 0.29) is 11.9 Å². The molecule has 0 amide bonds. The van der Waals surface area contributed by atoms with Crippen molar-refractivity contribution in [2.75, 3.05) is 0 Å². The van der Waals surface area contributed by atoms with Gasteiger partial charge in [0.25, 0.3) is 0 Å². The van der Waals surface area contributed by atoms with Gasteiger partial charge in [-0.3, -0.25) is 0 Å². The van der Waals surface area contributed by atoms with Gasteiger partial charge in [0.2, 0.25) is 0 Å². The van der Waals surface area contributed by atoms with E-state index in [2.05, 4.69) is 0 Å². The van der Waals surface area contributed by atoms with E-state index in [1.165, 1.54) is 12.8 Å². The minimum atomic E-state index is -0.145. The van der Waals surface area contributed by atoms with Crippen molar-refractivity contribution in [1.82, 2.24) is 0 Å². The first-order valence-electron chi connectivity index (χ1n) is 5.18. The van der Waals surface area contributed by atoms with E-state index < -0.39 is 0 Å². The lowest BCUT2D eigenvalue weighted by Crippen LogP contribution is -2.11. The van der Waals surface area contributed by atoms with Gasteiger partial charge in [0, 0.05) is 6.04 Å². The Hall–Kier alpha value is -0.890. The lowest BCUT2D eigenvalue weighted by molar-refractivity contribution is 0.580. The van der Waals surface area contributed by atoms with Crippen molar-refractivity contribution in [2.24, 2.45) is 11.7 Å². The molecule has 1 fully saturated rings. The zero-order valence-corrected chi connectivity index (χ0v) is 8.46. The van der Waals surface area contributed by atoms with Crippen LogP contribution in [0.1, 0.15) is 36.4 Å². The summed E-state index contributed by atoms with van der Waals surface area (Å²) in [6, 6.07) is 5.32. The molecule has 1 nitrogen and oxygen atoms in total. The number of benzene rings is 1. The van der Waals surface area contributed by atoms with Crippen molar-refractivity contribution >= 4 is 0 Å². The highest BCUT2D eigenvalue weighted by Gasteiger charge is 2.24. The summed E-state index contributed by atoms with van der Waals surface area (Å²) in [6.45, 7) is 1.77. The molecule has 2 N–H and O–H groups in total. The van der Waals surface area contributed by atoms with Crippen LogP contribution in [0.25, 0.3) is 0 Å². The maximum absolute atomic E-state index is 13.2. The average Bonchev–Trinajstić information content (AvgIpc) is 2.93. The normalized spacial score (nSPS) is 18.2. The quantitative estimate of drug-likeness (QED) is 0.784. The number of nitrogens with two attached hydrogens (primary N) is 1. The first-order valence-corrected chi connectivity index (χ1v) is 5.18. The van der Waals surface area contributed by atoms with Gasteiger partial charge in [0.15, 0.2) is 0 Å². The Labute approximate surface area is 84.1 Å². The summed E-state index contributed by atoms with van der Waals surface area (Å²) >= 11 is 0. The van der Waals surface area contributed by atoms with Gasteiger partial charge in [-0.2, -0.15) is 0 Å². The molecule has 0 aromatic heterocycles. The molecule has 2 rings (SSSR count). The first kappa shape index (κ1) is 9.66. The maximum Gasteiger partial charge on any atom is 0.126 e. The average molecular weight is 193 g/mol. The van der Waals surface area contributed by atoms with Gasteiger partial charge in [-0.25, -0.2) is 4.39 Å². The van der Waals surface area contributed by atoms with Crippen LogP contribution >= 0.6 is 0 Å². The van der Waals surface area contributed by atoms with Crippen LogP contribution in [0.2, 0.25) is 0 Å². The second-order valence-electron chi connectivity index (χ2n) is 4.29. The second-order valence-corrected chi connectivity index (χ2v) is 4.29. The zero-order chi connectivity index (χ0) is 10.1. The molecule has 0 radical (unpaired) electrons. The molecule has 1 aliphatic rings. The van der Waals surface area contributed by atoms with Gasteiger partial charge in [-0.1, -0.05) is 25.0 Å². The molecule has 0 unspecified atom stereocenters. The minimum Gasteiger partial charge on any atom is -0.324 e. The molecular weight excluding hydrogens is 177 g/mol. The summed E-state index contributed by atoms with van der Waals surface area (Å²) in [4.78, 5) is 0. The van der Waals surface area contributed by atoms with Crippen molar-refractivity contribution < 1.29 is 4.39 Å². The lowest BCUT2D eigenvalue weighted by Gasteiger charge is -2.11. The summed E-state index contributed by atoms with van der Waals surface area (Å²) in [7, 11) is 0. The number of aryl methyl sites for hydroxylation is 1. The molecule has 0 spiro atoms. The van der Waals surface area contributed by atoms with Crippen LogP contribution in [0.3, 0.4) is 0 Å². The number of hydrogen-bond donors (Lipinski definition) is 1. The smallest absolute Gasteiger partial charge is 0.126 e. The third kappa shape index (κ3) is 2.13. The van der Waals surface area contributed by atoms with E-state index in [1.54, 1.807) is 19.1 Å². The third-order valence-corrected chi connectivity index (χ3v) is 2.91. The fourth-order valence-corrected chi connectivity index (χ4v) is 1.69. The highest BCUT2D eigenvalue weighted by Crippen LogP contribution is 2.36. The summed E-state index contributed by atoms with van der Waals surface area (Å²) in [5.74, 6) is 0.642. The monoisotopic (exact) mass is 193 g/mol. The van der Waals surface area contributed by atoms with Crippen molar-refractivity contribution in [1.29, 1.82) is 0 Å². The summed E-state index contributed by atoms with van der Waals surface area (Å²) < 4.78 is 13.2. The molecule has 0 heterocycles. The van der Waals surface area contributed by atoms with Crippen LogP contribution in [0.15, 0.2) is 18.2 Å². The van der Waals surface area contributed by atoms with Crippen molar-refractivity contribution in [3.05, 3.63) is 35.1 Å². The summed E-state index contributed by atoms with van der Waals surface area (Å²) in [5, 5.41) is 0. The van der Waals surface area contributed by atoms with Gasteiger partial charge in [-0.05, 0) is 36.5 Å². The molecule has 0 bridgehead atoms. The van der Waals surface area contributed by atoms with Crippen molar-refractivity contribution in [3.8, 4) is 0 Å². The molecule has 2 heteroatoms. The third-order valence-electron chi connectivity index (χ3n) is 2.91. The predicted molar refractivity (Wildman–Crippen MR) is 55.4 cm³/mol. The van der Waals surface area contributed by atoms with Gasteiger partial charge < -0.3 is 5.73 Å². The fraction of sp³-hybridized carbons (Fsp3) is 0.500. The predicted octanol–water partition coefficient (Wildman–Crippen LogP) is 2.93. The molecular formula is C12H16FN. The molecule has 0 aliphatic heterocycles. The highest BCUT2D eigenvalue weighted by molar-refractivity contribution is 5.25. The minimum absolute atomic E-state index is 0.0117. The maximum atomic E-state index is 13.2. The van der Waals surface area contributed by atoms with E-state index >= 15 is 0 Å². The van der Waals surface area contributed by atoms with E-state index in [1.807, 2.05) is 6.07 Å². The lowest BCUT2D eigenvalue weighted by atomic mass is 10.0. The largest absolute Gasteiger partial charge is 0.324 e. The Bertz CT molecular complexity index is 331. The van der Waals surface area contributed by atoms with Crippen LogP contribution < -0.4 is 5.73 Å². The van der Waals surface area contributed by atoms with E-state index in [4.69, 9.17) is 5.73 Å². The number of rotatable bonds is 3. The first-order chi connectivity index (χ1) is 6.66. The van der Waals surface area contributed by atoms with E-state index in [0.717, 1.165) is 17.9 Å². The van der Waals surface area contributed by atoms with Crippen LogP contribution in [-0.4, -0.2) is 0 Å². The standard InChI is InChI=1S/C12H16FN/c1-8-2-5-10(7-11(8)13)12(14)6-9-3-4-9/h2,5,7,9,12H,3-4,6,14H2,1H3/t12-/m0/s1. The molecule has 1 aromatic rings. The Kier molecular flexibility index (Phi) is 2.55. The Morgan fingerprint density at radius 2 is 2.21 bits per heavy atom. The van der Waals surface area contributed by atoms with Crippen LogP contribution in [0.4, 0.5) is 4.39 Å². The Morgan fingerprint density at radius 3 is 2.79 bits per heavy atom. The number of hydrogen-bond acceptors (Lipinski definition) is 1. The van der Waals surface area contributed by atoms with Crippen molar-refractivity contribution in [2.45, 2.75) is 32.2 Å². The SMILES string of the molecule is Cc1ccc([C@@H](N)CC2CC2)cc1F. The van der Waals surface area contributed by atoms with Gasteiger partial charge in [-0.15, -0.1) is 0 Å². The molecule has 14 heavy (non-hydrogen) atoms. The molecule has 1 atom stereocenters. The zero-order valence-electron chi connectivity index (χ0n) is 8.46. The van der Waals surface area contributed by atoms with Crippen LogP contribution in [-0.2, 0) is 0 Å².